The van der Waals surface area contributed by atoms with Gasteiger partial charge < -0.3 is 0 Å². The van der Waals surface area contributed by atoms with E-state index in [1.165, 1.54) is 19.3 Å². The van der Waals surface area contributed by atoms with Gasteiger partial charge in [0.15, 0.2) is 0 Å². The molecular weight excluding hydrogens is 108 g/mol. The molecule has 0 nitrogen and oxygen atoms in total. The third-order valence-electron chi connectivity index (χ3n) is 2.31. The molecule has 9 heavy (non-hydrogen) atoms. The molecule has 0 spiro atoms. The van der Waals surface area contributed by atoms with Crippen LogP contribution in [0, 0.1) is 5.92 Å². The normalized spacial score (nSPS) is 29.0. The van der Waals surface area contributed by atoms with Gasteiger partial charge in [-0.2, -0.15) is 0 Å². The highest BCUT2D eigenvalue weighted by Crippen LogP contribution is 2.50. The van der Waals surface area contributed by atoms with Crippen LogP contribution in [0.25, 0.3) is 0 Å². The summed E-state index contributed by atoms with van der Waals surface area (Å²) in [6.07, 6.45) is 4.37. The summed E-state index contributed by atoms with van der Waals surface area (Å²) < 4.78 is 0. The van der Waals surface area contributed by atoms with E-state index in [2.05, 4.69) is 6.92 Å². The van der Waals surface area contributed by atoms with Crippen LogP contribution in [-0.4, -0.2) is 0 Å². The van der Waals surface area contributed by atoms with Crippen LogP contribution >= 0.6 is 0 Å². The van der Waals surface area contributed by atoms with Crippen molar-refractivity contribution in [3.8, 4) is 0 Å². The van der Waals surface area contributed by atoms with Gasteiger partial charge in [0.2, 0.25) is 0 Å². The Kier molecular flexibility index (Phi) is 1.94. The Bertz CT molecular complexity index is 131. The van der Waals surface area contributed by atoms with Crippen LogP contribution < -0.4 is 0 Å². The second-order valence-corrected chi connectivity index (χ2v) is 2.65. The van der Waals surface area contributed by atoms with Gasteiger partial charge in [-0.05, 0) is 26.2 Å². The largest absolute Gasteiger partial charge is 0.0683 e. The van der Waals surface area contributed by atoms with Crippen molar-refractivity contribution < 1.29 is 0 Å². The molecule has 0 amide bonds. The summed E-state index contributed by atoms with van der Waals surface area (Å²) >= 11 is 0. The van der Waals surface area contributed by atoms with Crippen LogP contribution in [-0.2, 0) is 0 Å². The Balaban J connectivity index is 0.000000186. The van der Waals surface area contributed by atoms with Crippen LogP contribution in [0.4, 0.5) is 0 Å². The third kappa shape index (κ3) is 1.03. The fourth-order valence-electron chi connectivity index (χ4n) is 1.72. The average Bonchev–Trinajstić information content (AvgIpc) is 2.36. The van der Waals surface area contributed by atoms with E-state index in [1.54, 1.807) is 11.1 Å². The smallest absolute Gasteiger partial charge is 0.000996 e. The second-order valence-electron chi connectivity index (χ2n) is 2.65. The van der Waals surface area contributed by atoms with E-state index in [0.717, 1.165) is 5.92 Å². The van der Waals surface area contributed by atoms with Gasteiger partial charge in [0.1, 0.15) is 0 Å². The summed E-state index contributed by atoms with van der Waals surface area (Å²) in [7, 11) is 0. The Labute approximate surface area is 58.0 Å². The fourth-order valence-corrected chi connectivity index (χ4v) is 1.72. The summed E-state index contributed by atoms with van der Waals surface area (Å²) in [6.45, 7) is 6.28. The minimum absolute atomic E-state index is 1.01. The molecule has 1 saturated carbocycles. The van der Waals surface area contributed by atoms with Gasteiger partial charge in [-0.15, -0.1) is 0 Å². The molecule has 0 saturated heterocycles. The quantitative estimate of drug-likeness (QED) is 0.435. The number of fused-ring (bicyclic) bond motifs is 1. The molecule has 0 bridgehead atoms. The lowest BCUT2D eigenvalue weighted by molar-refractivity contribution is 0.782. The molecule has 0 N–H and O–H groups in total. The summed E-state index contributed by atoms with van der Waals surface area (Å²) in [6, 6.07) is 0. The SMILES string of the molecule is CC.CC1=C2CCC[C@@H]12. The molecule has 1 fully saturated rings. The summed E-state index contributed by atoms with van der Waals surface area (Å²) in [4.78, 5) is 0. The van der Waals surface area contributed by atoms with Crippen LogP contribution in [0.15, 0.2) is 11.1 Å². The predicted octanol–water partition coefficient (Wildman–Crippen LogP) is 3.14. The van der Waals surface area contributed by atoms with Gasteiger partial charge in [0, 0.05) is 5.92 Å². The Morgan fingerprint density at radius 3 is 2.22 bits per heavy atom. The summed E-state index contributed by atoms with van der Waals surface area (Å²) in [5.41, 5.74) is 3.51. The minimum Gasteiger partial charge on any atom is -0.0683 e. The molecule has 2 rings (SSSR count). The van der Waals surface area contributed by atoms with Gasteiger partial charge in [0.05, 0.1) is 0 Å². The number of rotatable bonds is 0. The first-order valence-electron chi connectivity index (χ1n) is 4.09. The Hall–Kier alpha value is -0.260. The summed E-state index contributed by atoms with van der Waals surface area (Å²) in [5.74, 6) is 1.01. The van der Waals surface area contributed by atoms with Gasteiger partial charge >= 0.3 is 0 Å². The monoisotopic (exact) mass is 124 g/mol. The molecule has 0 heteroatoms. The third-order valence-corrected chi connectivity index (χ3v) is 2.31. The van der Waals surface area contributed by atoms with Crippen LogP contribution in [0.2, 0.25) is 0 Å². The Morgan fingerprint density at radius 1 is 1.33 bits per heavy atom. The van der Waals surface area contributed by atoms with Crippen LogP contribution in [0.3, 0.4) is 0 Å². The number of allylic oxidation sites excluding steroid dienone is 2. The maximum absolute atomic E-state index is 2.28. The van der Waals surface area contributed by atoms with E-state index in [1.807, 2.05) is 13.8 Å². The molecule has 52 valence electrons. The lowest BCUT2D eigenvalue weighted by Crippen LogP contribution is -1.70. The molecular formula is C9H16. The standard InChI is InChI=1S/C7H10.C2H6/c1-5-6-3-2-4-7(5)6;1-2/h6H,2-4H2,1H3;1-2H3/t6-;/m0./s1. The first-order chi connectivity index (χ1) is 4.39. The van der Waals surface area contributed by atoms with Gasteiger partial charge in [-0.3, -0.25) is 0 Å². The molecule has 2 aliphatic carbocycles. The zero-order valence-corrected chi connectivity index (χ0v) is 6.70. The first kappa shape index (κ1) is 6.85. The number of hydrogen-bond donors (Lipinski definition) is 0. The lowest BCUT2D eigenvalue weighted by Gasteiger charge is -1.84. The molecule has 0 radical (unpaired) electrons. The first-order valence-corrected chi connectivity index (χ1v) is 4.09. The molecule has 2 aliphatic rings. The Morgan fingerprint density at radius 2 is 2.00 bits per heavy atom. The van der Waals surface area contributed by atoms with Gasteiger partial charge in [-0.25, -0.2) is 0 Å². The zero-order chi connectivity index (χ0) is 6.85. The number of hydrogen-bond acceptors (Lipinski definition) is 0. The zero-order valence-electron chi connectivity index (χ0n) is 6.70. The van der Waals surface area contributed by atoms with Crippen molar-refractivity contribution in [2.45, 2.75) is 40.0 Å². The molecule has 0 unspecified atom stereocenters. The molecule has 0 aromatic heterocycles. The second kappa shape index (κ2) is 2.55. The molecule has 0 heterocycles. The molecule has 0 aromatic rings. The van der Waals surface area contributed by atoms with Crippen molar-refractivity contribution >= 4 is 0 Å². The van der Waals surface area contributed by atoms with Crippen LogP contribution in [0.5, 0.6) is 0 Å². The van der Waals surface area contributed by atoms with Crippen molar-refractivity contribution in [3.63, 3.8) is 0 Å². The van der Waals surface area contributed by atoms with E-state index in [4.69, 9.17) is 0 Å². The van der Waals surface area contributed by atoms with E-state index in [9.17, 15) is 0 Å². The maximum atomic E-state index is 2.28. The highest BCUT2D eigenvalue weighted by molar-refractivity contribution is 5.41. The highest BCUT2D eigenvalue weighted by Gasteiger charge is 2.35. The lowest BCUT2D eigenvalue weighted by atomic mass is 10.2. The van der Waals surface area contributed by atoms with E-state index in [-0.39, 0.29) is 0 Å². The predicted molar refractivity (Wildman–Crippen MR) is 41.4 cm³/mol. The molecule has 1 atom stereocenters. The van der Waals surface area contributed by atoms with Crippen molar-refractivity contribution in [1.29, 1.82) is 0 Å². The minimum atomic E-state index is 1.01. The topological polar surface area (TPSA) is 0 Å². The van der Waals surface area contributed by atoms with Crippen molar-refractivity contribution in [3.05, 3.63) is 11.1 Å². The molecule has 0 aromatic carbocycles. The van der Waals surface area contributed by atoms with E-state index >= 15 is 0 Å². The van der Waals surface area contributed by atoms with Gasteiger partial charge in [0.25, 0.3) is 0 Å². The fraction of sp³-hybridized carbons (Fsp3) is 0.778. The maximum Gasteiger partial charge on any atom is 0.000996 e. The summed E-state index contributed by atoms with van der Waals surface area (Å²) in [5, 5.41) is 0. The van der Waals surface area contributed by atoms with Gasteiger partial charge in [-0.1, -0.05) is 25.0 Å². The van der Waals surface area contributed by atoms with Crippen LogP contribution in [0.1, 0.15) is 40.0 Å². The van der Waals surface area contributed by atoms with Crippen molar-refractivity contribution in [2.75, 3.05) is 0 Å². The highest BCUT2D eigenvalue weighted by atomic mass is 14.4. The molecule has 0 aliphatic heterocycles. The van der Waals surface area contributed by atoms with E-state index < -0.39 is 0 Å². The van der Waals surface area contributed by atoms with Crippen molar-refractivity contribution in [2.24, 2.45) is 5.92 Å². The average molecular weight is 124 g/mol. The van der Waals surface area contributed by atoms with Crippen molar-refractivity contribution in [1.82, 2.24) is 0 Å². The van der Waals surface area contributed by atoms with E-state index in [0.29, 0.717) is 0 Å².